The van der Waals surface area contributed by atoms with Crippen molar-refractivity contribution in [2.24, 2.45) is 11.7 Å². The van der Waals surface area contributed by atoms with Gasteiger partial charge in [0.2, 0.25) is 5.91 Å². The van der Waals surface area contributed by atoms with E-state index in [1.807, 2.05) is 0 Å². The van der Waals surface area contributed by atoms with Crippen LogP contribution in [0.5, 0.6) is 0 Å². The van der Waals surface area contributed by atoms with E-state index in [1.54, 1.807) is 6.26 Å². The predicted octanol–water partition coefficient (Wildman–Crippen LogP) is -0.00140. The summed E-state index contributed by atoms with van der Waals surface area (Å²) < 4.78 is 10.8. The molecule has 15 heavy (non-hydrogen) atoms. The number of amides is 1. The Balaban J connectivity index is 2.19. The molecule has 1 aliphatic carbocycles. The van der Waals surface area contributed by atoms with Crippen LogP contribution in [-0.2, 0) is 15.6 Å². The summed E-state index contributed by atoms with van der Waals surface area (Å²) in [4.78, 5) is 11.6. The summed E-state index contributed by atoms with van der Waals surface area (Å²) in [7, 11) is -0.827. The van der Waals surface area contributed by atoms with Crippen molar-refractivity contribution in [1.29, 1.82) is 0 Å². The molecule has 1 aliphatic rings. The van der Waals surface area contributed by atoms with Crippen LogP contribution in [0.4, 0.5) is 0 Å². The minimum atomic E-state index is -0.827. The van der Waals surface area contributed by atoms with Crippen LogP contribution in [0, 0.1) is 5.92 Å². The molecule has 1 atom stereocenters. The van der Waals surface area contributed by atoms with E-state index >= 15 is 0 Å². The van der Waals surface area contributed by atoms with Crippen LogP contribution in [0.2, 0.25) is 0 Å². The number of nitrogens with two attached hydrogens (primary N) is 1. The van der Waals surface area contributed by atoms with E-state index in [1.165, 1.54) is 0 Å². The van der Waals surface area contributed by atoms with Crippen LogP contribution in [0.15, 0.2) is 0 Å². The number of rotatable bonds is 4. The lowest BCUT2D eigenvalue weighted by molar-refractivity contribution is -0.125. The number of carbonyl (C=O) groups excluding carboxylic acids is 1. The molecule has 0 heterocycles. The summed E-state index contributed by atoms with van der Waals surface area (Å²) in [5.74, 6) is 0.764. The second-order valence-corrected chi connectivity index (χ2v) is 5.73. The maximum absolute atomic E-state index is 11.6. The van der Waals surface area contributed by atoms with Crippen molar-refractivity contribution in [1.82, 2.24) is 5.32 Å². The van der Waals surface area contributed by atoms with Crippen molar-refractivity contribution in [3.05, 3.63) is 0 Å². The maximum atomic E-state index is 11.6. The number of carbonyl (C=O) groups is 1. The van der Waals surface area contributed by atoms with Crippen molar-refractivity contribution in [2.75, 3.05) is 18.6 Å². The molecule has 5 heteroatoms. The molecule has 0 aromatic carbocycles. The maximum Gasteiger partial charge on any atom is 0.223 e. The second-order valence-electron chi connectivity index (χ2n) is 4.18. The normalized spacial score (nSPS) is 28.4. The van der Waals surface area contributed by atoms with Gasteiger partial charge in [-0.05, 0) is 25.7 Å². The van der Waals surface area contributed by atoms with E-state index in [0.717, 1.165) is 25.7 Å². The van der Waals surface area contributed by atoms with Gasteiger partial charge in [0.15, 0.2) is 0 Å². The Morgan fingerprint density at radius 3 is 2.53 bits per heavy atom. The van der Waals surface area contributed by atoms with Gasteiger partial charge in [0.25, 0.3) is 0 Å². The molecular weight excluding hydrogens is 212 g/mol. The summed E-state index contributed by atoms with van der Waals surface area (Å²) in [5.41, 5.74) is 5.77. The monoisotopic (exact) mass is 232 g/mol. The highest BCUT2D eigenvalue weighted by Crippen LogP contribution is 2.22. The lowest BCUT2D eigenvalue weighted by Crippen LogP contribution is -2.37. The molecule has 3 N–H and O–H groups in total. The fourth-order valence-corrected chi connectivity index (χ4v) is 2.23. The molecule has 0 saturated heterocycles. The van der Waals surface area contributed by atoms with Gasteiger partial charge < -0.3 is 11.1 Å². The Hall–Kier alpha value is -0.420. The van der Waals surface area contributed by atoms with Crippen LogP contribution >= 0.6 is 0 Å². The Morgan fingerprint density at radius 1 is 1.40 bits per heavy atom. The summed E-state index contributed by atoms with van der Waals surface area (Å²) in [6, 6.07) is 0.275. The van der Waals surface area contributed by atoms with Gasteiger partial charge in [0.05, 0.1) is 0 Å². The van der Waals surface area contributed by atoms with Crippen LogP contribution in [0.25, 0.3) is 0 Å². The van der Waals surface area contributed by atoms with E-state index in [9.17, 15) is 9.00 Å². The third kappa shape index (κ3) is 4.75. The lowest BCUT2D eigenvalue weighted by atomic mass is 9.86. The van der Waals surface area contributed by atoms with Crippen LogP contribution in [-0.4, -0.2) is 34.7 Å². The summed E-state index contributed by atoms with van der Waals surface area (Å²) >= 11 is 0. The summed E-state index contributed by atoms with van der Waals surface area (Å²) in [6.07, 6.45) is 5.31. The molecule has 0 bridgehead atoms. The number of hydrogen-bond donors (Lipinski definition) is 2. The van der Waals surface area contributed by atoms with E-state index in [-0.39, 0.29) is 17.9 Å². The SMILES string of the molecule is CS(=O)CCNC(=O)C1CCC(N)CC1. The fourth-order valence-electron chi connectivity index (χ4n) is 1.84. The summed E-state index contributed by atoms with van der Waals surface area (Å²) in [6.45, 7) is 0.518. The summed E-state index contributed by atoms with van der Waals surface area (Å²) in [5, 5.41) is 2.83. The van der Waals surface area contributed by atoms with Gasteiger partial charge in [-0.25, -0.2) is 0 Å². The molecule has 0 radical (unpaired) electrons. The van der Waals surface area contributed by atoms with Crippen molar-refractivity contribution in [3.8, 4) is 0 Å². The van der Waals surface area contributed by atoms with Crippen LogP contribution in [0.1, 0.15) is 25.7 Å². The molecule has 1 fully saturated rings. The topological polar surface area (TPSA) is 72.2 Å². The van der Waals surface area contributed by atoms with Gasteiger partial charge in [-0.1, -0.05) is 0 Å². The quantitative estimate of drug-likeness (QED) is 0.716. The molecule has 4 nitrogen and oxygen atoms in total. The molecule has 0 aliphatic heterocycles. The third-order valence-electron chi connectivity index (χ3n) is 2.83. The third-order valence-corrected chi connectivity index (χ3v) is 3.61. The fraction of sp³-hybridized carbons (Fsp3) is 0.900. The Bertz CT molecular complexity index is 238. The largest absolute Gasteiger partial charge is 0.355 e. The first-order valence-electron chi connectivity index (χ1n) is 5.43. The predicted molar refractivity (Wildman–Crippen MR) is 61.9 cm³/mol. The Labute approximate surface area is 93.4 Å². The van der Waals surface area contributed by atoms with E-state index in [2.05, 4.69) is 5.32 Å². The zero-order chi connectivity index (χ0) is 11.3. The average molecular weight is 232 g/mol. The van der Waals surface area contributed by atoms with Gasteiger partial charge in [0, 0.05) is 41.3 Å². The van der Waals surface area contributed by atoms with E-state index in [0.29, 0.717) is 12.3 Å². The van der Waals surface area contributed by atoms with Gasteiger partial charge in [-0.15, -0.1) is 0 Å². The standard InChI is InChI=1S/C10H20N2O2S/c1-15(14)7-6-12-10(13)8-2-4-9(11)5-3-8/h8-9H,2-7,11H2,1H3,(H,12,13). The molecule has 88 valence electrons. The molecule has 1 unspecified atom stereocenters. The van der Waals surface area contributed by atoms with E-state index in [4.69, 9.17) is 5.73 Å². The molecule has 1 saturated carbocycles. The first kappa shape index (κ1) is 12.6. The highest BCUT2D eigenvalue weighted by Gasteiger charge is 2.23. The Kier molecular flexibility index (Phi) is 5.25. The average Bonchev–Trinajstić information content (AvgIpc) is 2.18. The molecule has 1 amide bonds. The highest BCUT2D eigenvalue weighted by molar-refractivity contribution is 7.84. The molecule has 1 rings (SSSR count). The van der Waals surface area contributed by atoms with Gasteiger partial charge in [-0.2, -0.15) is 0 Å². The zero-order valence-corrected chi connectivity index (χ0v) is 10.0. The number of hydrogen-bond acceptors (Lipinski definition) is 3. The second kappa shape index (κ2) is 6.23. The molecule has 0 aromatic heterocycles. The molecule has 0 aromatic rings. The smallest absolute Gasteiger partial charge is 0.223 e. The van der Waals surface area contributed by atoms with Crippen molar-refractivity contribution >= 4 is 16.7 Å². The van der Waals surface area contributed by atoms with Crippen LogP contribution in [0.3, 0.4) is 0 Å². The van der Waals surface area contributed by atoms with Crippen molar-refractivity contribution in [3.63, 3.8) is 0 Å². The van der Waals surface area contributed by atoms with Gasteiger partial charge >= 0.3 is 0 Å². The minimum Gasteiger partial charge on any atom is -0.355 e. The van der Waals surface area contributed by atoms with Crippen LogP contribution < -0.4 is 11.1 Å². The Morgan fingerprint density at radius 2 is 2.00 bits per heavy atom. The molecular formula is C10H20N2O2S. The van der Waals surface area contributed by atoms with Crippen molar-refractivity contribution in [2.45, 2.75) is 31.7 Å². The molecule has 0 spiro atoms. The first-order chi connectivity index (χ1) is 7.09. The van der Waals surface area contributed by atoms with Crippen molar-refractivity contribution < 1.29 is 9.00 Å². The van der Waals surface area contributed by atoms with Gasteiger partial charge in [0.1, 0.15) is 0 Å². The highest BCUT2D eigenvalue weighted by atomic mass is 32.2. The minimum absolute atomic E-state index is 0.104. The van der Waals surface area contributed by atoms with E-state index < -0.39 is 10.8 Å². The zero-order valence-electron chi connectivity index (χ0n) is 9.20. The lowest BCUT2D eigenvalue weighted by Gasteiger charge is -2.25. The number of nitrogens with one attached hydrogen (secondary N) is 1. The van der Waals surface area contributed by atoms with Gasteiger partial charge in [-0.3, -0.25) is 9.00 Å². The first-order valence-corrected chi connectivity index (χ1v) is 7.15.